The maximum absolute atomic E-state index is 2.51. The Morgan fingerprint density at radius 2 is 0.558 bits per heavy atom. The molecule has 6 aromatic carbocycles. The van der Waals surface area contributed by atoms with Crippen molar-refractivity contribution in [2.45, 2.75) is 25.2 Å². The molecule has 0 atom stereocenters. The highest BCUT2D eigenvalue weighted by Gasteiger charge is 2.23. The molecule has 0 radical (unpaired) electrons. The Kier molecular flexibility index (Phi) is 8.53. The van der Waals surface area contributed by atoms with Crippen molar-refractivity contribution < 1.29 is 0 Å². The van der Waals surface area contributed by atoms with Crippen LogP contribution in [-0.2, 0) is 12.1 Å². The molecule has 6 aromatic rings. The molecule has 0 aliphatic rings. The van der Waals surface area contributed by atoms with Crippen LogP contribution in [0.15, 0.2) is 170 Å². The Morgan fingerprint density at radius 1 is 0.326 bits per heavy atom. The van der Waals surface area contributed by atoms with Crippen LogP contribution in [0.25, 0.3) is 0 Å². The van der Waals surface area contributed by atoms with E-state index in [9.17, 15) is 0 Å². The Morgan fingerprint density at radius 3 is 0.814 bits per heavy atom. The molecule has 0 aromatic heterocycles. The van der Waals surface area contributed by atoms with Crippen LogP contribution in [0.1, 0.15) is 11.1 Å². The van der Waals surface area contributed by atoms with Gasteiger partial charge in [0, 0.05) is 34.1 Å². The molecule has 0 fully saturated rings. The number of nitrogens with zero attached hydrogens (tertiary/aromatic N) is 2. The first-order chi connectivity index (χ1) is 21.1. The van der Waals surface area contributed by atoms with Crippen molar-refractivity contribution in [2.75, 3.05) is 9.80 Å². The fourth-order valence-electron chi connectivity index (χ4n) is 5.90. The molecule has 0 amide bonds. The zero-order valence-electron chi connectivity index (χ0n) is 25.0. The molecule has 0 aliphatic carbocycles. The predicted octanol–water partition coefficient (Wildman–Crippen LogP) is 11.2. The van der Waals surface area contributed by atoms with Gasteiger partial charge in [0.05, 0.1) is 8.07 Å². The fourth-order valence-corrected chi connectivity index (χ4v) is 8.70. The summed E-state index contributed by atoms with van der Waals surface area (Å²) >= 11 is 0. The lowest BCUT2D eigenvalue weighted by atomic mass is 10.1. The summed E-state index contributed by atoms with van der Waals surface area (Å²) in [4.78, 5) is 4.64. The number of benzene rings is 6. The molecule has 0 unspecified atom stereocenters. The summed E-state index contributed by atoms with van der Waals surface area (Å²) in [5.41, 5.74) is 9.84. The van der Waals surface area contributed by atoms with E-state index in [1.54, 1.807) is 0 Å². The summed E-state index contributed by atoms with van der Waals surface area (Å²) in [6, 6.07) is 63.1. The minimum Gasteiger partial charge on any atom is -0.311 e. The molecule has 2 nitrogen and oxygen atoms in total. The standard InChI is InChI=1S/C40H38N2Si/c1-43(2,31-33-23-27-39(28-24-33)41(35-15-7-3-8-16-35)36-17-9-4-10-18-36)32-34-25-29-40(30-26-34)42(37-19-11-5-12-20-37)38-21-13-6-14-22-38/h3-30H,31-32H2,1-2H3. The molecule has 0 saturated heterocycles. The van der Waals surface area contributed by atoms with Gasteiger partial charge in [0.25, 0.3) is 0 Å². The lowest BCUT2D eigenvalue weighted by Gasteiger charge is -2.27. The van der Waals surface area contributed by atoms with Gasteiger partial charge in [-0.2, -0.15) is 0 Å². The SMILES string of the molecule is C[Si](C)(Cc1ccc(N(c2ccccc2)c2ccccc2)cc1)Cc1ccc(N(c2ccccc2)c2ccccc2)cc1. The Balaban J connectivity index is 1.18. The minimum absolute atomic E-state index is 1.14. The second kappa shape index (κ2) is 13.0. The summed E-state index contributed by atoms with van der Waals surface area (Å²) in [5, 5.41) is 0. The molecule has 0 spiro atoms. The molecule has 0 saturated carbocycles. The van der Waals surface area contributed by atoms with E-state index < -0.39 is 8.07 Å². The third kappa shape index (κ3) is 6.96. The highest BCUT2D eigenvalue weighted by atomic mass is 28.3. The van der Waals surface area contributed by atoms with Crippen molar-refractivity contribution in [1.29, 1.82) is 0 Å². The van der Waals surface area contributed by atoms with E-state index in [0.29, 0.717) is 0 Å². The van der Waals surface area contributed by atoms with Gasteiger partial charge in [-0.3, -0.25) is 0 Å². The highest BCUT2D eigenvalue weighted by Crippen LogP contribution is 2.36. The van der Waals surface area contributed by atoms with Crippen LogP contribution in [0, 0.1) is 0 Å². The zero-order valence-corrected chi connectivity index (χ0v) is 26.0. The molecule has 0 bridgehead atoms. The van der Waals surface area contributed by atoms with E-state index in [4.69, 9.17) is 0 Å². The Bertz CT molecular complexity index is 1490. The van der Waals surface area contributed by atoms with Crippen LogP contribution in [0.4, 0.5) is 34.1 Å². The molecule has 0 N–H and O–H groups in total. The largest absolute Gasteiger partial charge is 0.311 e. The van der Waals surface area contributed by atoms with Crippen LogP contribution in [0.3, 0.4) is 0 Å². The van der Waals surface area contributed by atoms with Gasteiger partial charge in [0.2, 0.25) is 0 Å². The Labute approximate surface area is 257 Å². The highest BCUT2D eigenvalue weighted by molar-refractivity contribution is 6.76. The molecule has 6 rings (SSSR count). The number of rotatable bonds is 10. The quantitative estimate of drug-likeness (QED) is 0.150. The predicted molar refractivity (Wildman–Crippen MR) is 187 cm³/mol. The second-order valence-corrected chi connectivity index (χ2v) is 16.9. The van der Waals surface area contributed by atoms with Gasteiger partial charge < -0.3 is 9.80 Å². The van der Waals surface area contributed by atoms with Crippen molar-refractivity contribution in [3.63, 3.8) is 0 Å². The zero-order chi connectivity index (χ0) is 29.5. The van der Waals surface area contributed by atoms with Crippen molar-refractivity contribution in [1.82, 2.24) is 0 Å². The molecule has 0 heterocycles. The molecule has 3 heteroatoms. The van der Waals surface area contributed by atoms with E-state index in [1.807, 2.05) is 0 Å². The number of hydrogen-bond acceptors (Lipinski definition) is 2. The van der Waals surface area contributed by atoms with Crippen LogP contribution < -0.4 is 9.80 Å². The average Bonchev–Trinajstić information content (AvgIpc) is 3.05. The summed E-state index contributed by atoms with van der Waals surface area (Å²) in [5.74, 6) is 0. The summed E-state index contributed by atoms with van der Waals surface area (Å²) in [6.07, 6.45) is 0. The maximum Gasteiger partial charge on any atom is 0.0561 e. The smallest absolute Gasteiger partial charge is 0.0561 e. The normalized spacial score (nSPS) is 11.2. The van der Waals surface area contributed by atoms with Gasteiger partial charge in [-0.1, -0.05) is 121 Å². The summed E-state index contributed by atoms with van der Waals surface area (Å²) in [7, 11) is -1.56. The van der Waals surface area contributed by atoms with E-state index in [0.717, 1.165) is 34.8 Å². The number of anilines is 6. The topological polar surface area (TPSA) is 6.48 Å². The van der Waals surface area contributed by atoms with Crippen LogP contribution in [0.5, 0.6) is 0 Å². The maximum atomic E-state index is 2.51. The summed E-state index contributed by atoms with van der Waals surface area (Å²) in [6.45, 7) is 5.02. The third-order valence-corrected chi connectivity index (χ3v) is 10.5. The fraction of sp³-hybridized carbons (Fsp3) is 0.100. The van der Waals surface area contributed by atoms with E-state index >= 15 is 0 Å². The Hall–Kier alpha value is -4.86. The van der Waals surface area contributed by atoms with Gasteiger partial charge in [-0.05, 0) is 84.9 Å². The average molecular weight is 575 g/mol. The van der Waals surface area contributed by atoms with Crippen LogP contribution in [0.2, 0.25) is 13.1 Å². The van der Waals surface area contributed by atoms with Gasteiger partial charge in [0.1, 0.15) is 0 Å². The first-order valence-corrected chi connectivity index (χ1v) is 18.5. The van der Waals surface area contributed by atoms with Crippen molar-refractivity contribution in [3.05, 3.63) is 181 Å². The van der Waals surface area contributed by atoms with Crippen LogP contribution in [-0.4, -0.2) is 8.07 Å². The first-order valence-electron chi connectivity index (χ1n) is 15.0. The lowest BCUT2D eigenvalue weighted by molar-refractivity contribution is 1.19. The van der Waals surface area contributed by atoms with Gasteiger partial charge >= 0.3 is 0 Å². The van der Waals surface area contributed by atoms with Crippen molar-refractivity contribution in [3.8, 4) is 0 Å². The van der Waals surface area contributed by atoms with Crippen molar-refractivity contribution >= 4 is 42.2 Å². The minimum atomic E-state index is -1.56. The molecular weight excluding hydrogens is 537 g/mol. The van der Waals surface area contributed by atoms with Crippen LogP contribution >= 0.6 is 0 Å². The molecule has 212 valence electrons. The lowest BCUT2D eigenvalue weighted by Crippen LogP contribution is -2.32. The monoisotopic (exact) mass is 574 g/mol. The molecule has 43 heavy (non-hydrogen) atoms. The van der Waals surface area contributed by atoms with Crippen molar-refractivity contribution in [2.24, 2.45) is 0 Å². The van der Waals surface area contributed by atoms with Gasteiger partial charge in [0.15, 0.2) is 0 Å². The molecular formula is C40H38N2Si. The van der Waals surface area contributed by atoms with E-state index in [-0.39, 0.29) is 0 Å². The summed E-state index contributed by atoms with van der Waals surface area (Å²) < 4.78 is 0. The van der Waals surface area contributed by atoms with Gasteiger partial charge in [-0.25, -0.2) is 0 Å². The number of para-hydroxylation sites is 4. The number of hydrogen-bond donors (Lipinski definition) is 0. The van der Waals surface area contributed by atoms with E-state index in [2.05, 4.69) is 193 Å². The van der Waals surface area contributed by atoms with Gasteiger partial charge in [-0.15, -0.1) is 0 Å². The molecule has 0 aliphatic heterocycles. The second-order valence-electron chi connectivity index (χ2n) is 11.9. The third-order valence-electron chi connectivity index (χ3n) is 7.81. The van der Waals surface area contributed by atoms with E-state index in [1.165, 1.54) is 22.5 Å². The first kappa shape index (κ1) is 28.3.